The molecule has 2 unspecified atom stereocenters. The van der Waals surface area contributed by atoms with Crippen LogP contribution in [0.15, 0.2) is 30.6 Å². The Labute approximate surface area is 181 Å². The van der Waals surface area contributed by atoms with Gasteiger partial charge in [-0.2, -0.15) is 4.98 Å². The average molecular weight is 428 g/mol. The number of benzene rings is 1. The zero-order valence-corrected chi connectivity index (χ0v) is 18.1. The first kappa shape index (κ1) is 22.6. The number of ether oxygens (including phenoxy) is 2. The van der Waals surface area contributed by atoms with Gasteiger partial charge in [0.1, 0.15) is 17.9 Å². The molecule has 9 heteroatoms. The molecule has 0 N–H and O–H groups in total. The van der Waals surface area contributed by atoms with Crippen LogP contribution in [0, 0.1) is 10.1 Å². The third-order valence-electron chi connectivity index (χ3n) is 5.36. The summed E-state index contributed by atoms with van der Waals surface area (Å²) in [6.45, 7) is 6.79. The lowest BCUT2D eigenvalue weighted by Gasteiger charge is -2.37. The smallest absolute Gasteiger partial charge is 0.373 e. The van der Waals surface area contributed by atoms with Crippen molar-refractivity contribution in [3.8, 4) is 11.6 Å². The highest BCUT2D eigenvalue weighted by Crippen LogP contribution is 2.38. The van der Waals surface area contributed by atoms with Gasteiger partial charge in [-0.15, -0.1) is 0 Å². The summed E-state index contributed by atoms with van der Waals surface area (Å²) in [5.74, 6) is 0.729. The first-order valence-electron chi connectivity index (χ1n) is 10.5. The summed E-state index contributed by atoms with van der Waals surface area (Å²) in [4.78, 5) is 32.7. The number of nitrogens with zero attached hydrogens (tertiary/aromatic N) is 4. The van der Waals surface area contributed by atoms with Gasteiger partial charge in [0.2, 0.25) is 5.82 Å². The van der Waals surface area contributed by atoms with E-state index in [0.29, 0.717) is 31.7 Å². The molecule has 2 heterocycles. The first-order chi connectivity index (χ1) is 14.9. The Bertz CT molecular complexity index is 919. The molecule has 9 nitrogen and oxygen atoms in total. The summed E-state index contributed by atoms with van der Waals surface area (Å²) in [6, 6.07) is 7.15. The maximum absolute atomic E-state index is 11.9. The van der Waals surface area contributed by atoms with Crippen molar-refractivity contribution in [2.45, 2.75) is 58.6 Å². The molecule has 0 bridgehead atoms. The number of carbonyl (C=O) groups is 1. The Hall–Kier alpha value is -3.07. The summed E-state index contributed by atoms with van der Waals surface area (Å²) >= 11 is 0. The number of carbonyl (C=O) groups excluding carboxylic acids is 1. The van der Waals surface area contributed by atoms with Crippen LogP contribution in [-0.2, 0) is 16.0 Å². The molecule has 2 atom stereocenters. The van der Waals surface area contributed by atoms with Crippen LogP contribution < -0.4 is 9.64 Å². The molecule has 1 aliphatic rings. The molecule has 31 heavy (non-hydrogen) atoms. The molecular formula is C22H28N4O5. The third kappa shape index (κ3) is 5.75. The predicted octanol–water partition coefficient (Wildman–Crippen LogP) is 4.09. The lowest BCUT2D eigenvalue weighted by Crippen LogP contribution is -2.44. The van der Waals surface area contributed by atoms with Gasteiger partial charge in [0.05, 0.1) is 11.0 Å². The minimum Gasteiger partial charge on any atom is -0.434 e. The molecule has 1 aliphatic heterocycles. The zero-order chi connectivity index (χ0) is 22.4. The minimum atomic E-state index is -0.493. The van der Waals surface area contributed by atoms with Crippen molar-refractivity contribution in [2.75, 3.05) is 18.1 Å². The van der Waals surface area contributed by atoms with E-state index in [2.05, 4.69) is 9.97 Å². The van der Waals surface area contributed by atoms with E-state index in [4.69, 9.17) is 9.47 Å². The van der Waals surface area contributed by atoms with E-state index in [-0.39, 0.29) is 35.3 Å². The number of hydrogen-bond donors (Lipinski definition) is 0. The number of ketones is 1. The molecule has 166 valence electrons. The van der Waals surface area contributed by atoms with Crippen molar-refractivity contribution in [3.05, 3.63) is 46.3 Å². The average Bonchev–Trinajstić information content (AvgIpc) is 2.73. The SMILES string of the molecule is CCOC1CCN(c2ncnc(Oc3ccc(CCC(C)=O)cc3)c2[N+](=O)[O-])C(C)C1. The number of aryl methyl sites for hydroxylation is 1. The van der Waals surface area contributed by atoms with Gasteiger partial charge in [0, 0.05) is 25.6 Å². The van der Waals surface area contributed by atoms with Crippen molar-refractivity contribution < 1.29 is 19.2 Å². The summed E-state index contributed by atoms with van der Waals surface area (Å²) < 4.78 is 11.5. The second-order valence-corrected chi connectivity index (χ2v) is 7.70. The number of aromatic nitrogens is 2. The van der Waals surface area contributed by atoms with Gasteiger partial charge < -0.3 is 19.2 Å². The van der Waals surface area contributed by atoms with Crippen LogP contribution in [0.1, 0.15) is 45.6 Å². The fourth-order valence-electron chi connectivity index (χ4n) is 3.79. The summed E-state index contributed by atoms with van der Waals surface area (Å²) in [5, 5.41) is 11.9. The fraction of sp³-hybridized carbons (Fsp3) is 0.500. The topological polar surface area (TPSA) is 108 Å². The molecule has 0 spiro atoms. The molecule has 3 rings (SSSR count). The van der Waals surface area contributed by atoms with Crippen LogP contribution in [0.25, 0.3) is 0 Å². The van der Waals surface area contributed by atoms with Crippen molar-refractivity contribution in [3.63, 3.8) is 0 Å². The van der Waals surface area contributed by atoms with Gasteiger partial charge >= 0.3 is 11.6 Å². The Balaban J connectivity index is 1.81. The van der Waals surface area contributed by atoms with E-state index in [1.54, 1.807) is 19.1 Å². The van der Waals surface area contributed by atoms with E-state index in [0.717, 1.165) is 18.4 Å². The van der Waals surface area contributed by atoms with E-state index < -0.39 is 4.92 Å². The number of Topliss-reactive ketones (excluding diaryl/α,β-unsaturated/α-hetero) is 1. The van der Waals surface area contributed by atoms with Gasteiger partial charge in [0.15, 0.2) is 0 Å². The maximum Gasteiger partial charge on any atom is 0.373 e. The van der Waals surface area contributed by atoms with Crippen LogP contribution in [0.2, 0.25) is 0 Å². The molecule has 1 aromatic heterocycles. The molecule has 1 saturated heterocycles. The monoisotopic (exact) mass is 428 g/mol. The number of piperidine rings is 1. The van der Waals surface area contributed by atoms with Crippen LogP contribution >= 0.6 is 0 Å². The highest BCUT2D eigenvalue weighted by molar-refractivity contribution is 5.75. The zero-order valence-electron chi connectivity index (χ0n) is 18.1. The predicted molar refractivity (Wildman–Crippen MR) is 116 cm³/mol. The Kier molecular flexibility index (Phi) is 7.51. The fourth-order valence-corrected chi connectivity index (χ4v) is 3.79. The van der Waals surface area contributed by atoms with Crippen molar-refractivity contribution >= 4 is 17.3 Å². The molecule has 1 fully saturated rings. The molecule has 0 aliphatic carbocycles. The van der Waals surface area contributed by atoms with Gasteiger partial charge in [-0.1, -0.05) is 12.1 Å². The van der Waals surface area contributed by atoms with Crippen molar-refractivity contribution in [1.82, 2.24) is 9.97 Å². The van der Waals surface area contributed by atoms with E-state index in [1.807, 2.05) is 30.9 Å². The van der Waals surface area contributed by atoms with Crippen LogP contribution in [0.4, 0.5) is 11.5 Å². The summed E-state index contributed by atoms with van der Waals surface area (Å²) in [7, 11) is 0. The summed E-state index contributed by atoms with van der Waals surface area (Å²) in [6.07, 6.45) is 4.10. The quantitative estimate of drug-likeness (QED) is 0.434. The Morgan fingerprint density at radius 2 is 2.03 bits per heavy atom. The molecular weight excluding hydrogens is 400 g/mol. The van der Waals surface area contributed by atoms with Gasteiger partial charge in [-0.25, -0.2) is 4.98 Å². The minimum absolute atomic E-state index is 0.0345. The Morgan fingerprint density at radius 3 is 2.65 bits per heavy atom. The summed E-state index contributed by atoms with van der Waals surface area (Å²) in [5.41, 5.74) is 0.747. The van der Waals surface area contributed by atoms with E-state index >= 15 is 0 Å². The Morgan fingerprint density at radius 1 is 1.29 bits per heavy atom. The number of hydrogen-bond acceptors (Lipinski definition) is 8. The van der Waals surface area contributed by atoms with Gasteiger partial charge in [0.25, 0.3) is 0 Å². The standard InChI is InChI=1S/C22H28N4O5/c1-4-30-19-11-12-25(15(2)13-19)21-20(26(28)29)22(24-14-23-21)31-18-9-7-17(8-10-18)6-5-16(3)27/h7-10,14-15,19H,4-6,11-13H2,1-3H3. The molecule has 0 saturated carbocycles. The number of anilines is 1. The lowest BCUT2D eigenvalue weighted by molar-refractivity contribution is -0.385. The second kappa shape index (κ2) is 10.3. The van der Waals surface area contributed by atoms with E-state index in [9.17, 15) is 14.9 Å². The second-order valence-electron chi connectivity index (χ2n) is 7.70. The van der Waals surface area contributed by atoms with Gasteiger partial charge in [-0.05, 0) is 57.7 Å². The lowest BCUT2D eigenvalue weighted by atomic mass is 10.0. The van der Waals surface area contributed by atoms with E-state index in [1.165, 1.54) is 6.33 Å². The largest absolute Gasteiger partial charge is 0.434 e. The maximum atomic E-state index is 11.9. The highest BCUT2D eigenvalue weighted by Gasteiger charge is 2.34. The normalized spacial score (nSPS) is 18.6. The molecule has 1 aromatic carbocycles. The number of rotatable bonds is 9. The molecule has 2 aromatic rings. The van der Waals surface area contributed by atoms with Crippen LogP contribution in [0.3, 0.4) is 0 Å². The van der Waals surface area contributed by atoms with Crippen LogP contribution in [-0.4, -0.2) is 46.0 Å². The van der Waals surface area contributed by atoms with Crippen molar-refractivity contribution in [2.24, 2.45) is 0 Å². The third-order valence-corrected chi connectivity index (χ3v) is 5.36. The molecule has 0 amide bonds. The van der Waals surface area contributed by atoms with Crippen LogP contribution in [0.5, 0.6) is 11.6 Å². The number of nitro groups is 1. The van der Waals surface area contributed by atoms with Crippen molar-refractivity contribution in [1.29, 1.82) is 0 Å². The first-order valence-corrected chi connectivity index (χ1v) is 10.5. The highest BCUT2D eigenvalue weighted by atomic mass is 16.6. The van der Waals surface area contributed by atoms with Gasteiger partial charge in [-0.3, -0.25) is 10.1 Å². The molecule has 0 radical (unpaired) electrons.